The van der Waals surface area contributed by atoms with Gasteiger partial charge in [0.15, 0.2) is 5.82 Å². The summed E-state index contributed by atoms with van der Waals surface area (Å²) in [6, 6.07) is 3.76. The Bertz CT molecular complexity index is 1200. The van der Waals surface area contributed by atoms with E-state index < -0.39 is 17.6 Å². The number of aryl methyl sites for hydroxylation is 1. The zero-order chi connectivity index (χ0) is 23.3. The lowest BCUT2D eigenvalue weighted by Gasteiger charge is -2.25. The molecule has 172 valence electrons. The molecule has 0 radical (unpaired) electrons. The molecule has 33 heavy (non-hydrogen) atoms. The molecule has 2 saturated heterocycles. The predicted molar refractivity (Wildman–Crippen MR) is 108 cm³/mol. The van der Waals surface area contributed by atoms with Crippen LogP contribution in [0.2, 0.25) is 0 Å². The van der Waals surface area contributed by atoms with Crippen LogP contribution in [0.1, 0.15) is 46.6 Å². The van der Waals surface area contributed by atoms with Gasteiger partial charge in [-0.15, -0.1) is 4.80 Å². The molecule has 5 heterocycles. The molecule has 2 fully saturated rings. The molecule has 3 atom stereocenters. The number of nitrogens with zero attached hydrogens (tertiary/aromatic N) is 6. The Morgan fingerprint density at radius 1 is 1.18 bits per heavy atom. The van der Waals surface area contributed by atoms with Crippen molar-refractivity contribution in [2.75, 3.05) is 0 Å². The molecule has 0 N–H and O–H groups in total. The molecule has 0 saturated carbocycles. The van der Waals surface area contributed by atoms with Crippen molar-refractivity contribution in [2.45, 2.75) is 50.9 Å². The highest BCUT2D eigenvalue weighted by Crippen LogP contribution is 2.44. The van der Waals surface area contributed by atoms with Crippen LogP contribution < -0.4 is 0 Å². The van der Waals surface area contributed by atoms with Crippen LogP contribution >= 0.6 is 0 Å². The number of amides is 1. The fraction of sp³-hybridized carbons (Fsp3) is 0.409. The zero-order valence-corrected chi connectivity index (χ0v) is 17.6. The van der Waals surface area contributed by atoms with Gasteiger partial charge in [-0.05, 0) is 56.7 Å². The van der Waals surface area contributed by atoms with E-state index in [0.717, 1.165) is 12.8 Å². The van der Waals surface area contributed by atoms with Crippen molar-refractivity contribution >= 4 is 5.91 Å². The van der Waals surface area contributed by atoms with Crippen LogP contribution in [0.15, 0.2) is 36.8 Å². The number of halogens is 4. The highest BCUT2D eigenvalue weighted by molar-refractivity contribution is 5.98. The van der Waals surface area contributed by atoms with Crippen LogP contribution in [0.25, 0.3) is 5.82 Å². The maximum absolute atomic E-state index is 14.4. The number of carbonyl (C=O) groups excluding carboxylic acids is 1. The molecule has 0 spiro atoms. The minimum absolute atomic E-state index is 0.00798. The highest BCUT2D eigenvalue weighted by atomic mass is 19.4. The summed E-state index contributed by atoms with van der Waals surface area (Å²) in [4.78, 5) is 24.9. The smallest absolute Gasteiger partial charge is 0.332 e. The van der Waals surface area contributed by atoms with E-state index in [9.17, 15) is 22.4 Å². The van der Waals surface area contributed by atoms with Crippen molar-refractivity contribution in [1.29, 1.82) is 0 Å². The number of pyridine rings is 2. The van der Waals surface area contributed by atoms with E-state index in [1.807, 2.05) is 11.8 Å². The molecule has 3 aromatic rings. The number of rotatable bonds is 4. The average Bonchev–Trinajstić information content (AvgIpc) is 3.50. The number of hydrogen-bond acceptors (Lipinski definition) is 5. The van der Waals surface area contributed by atoms with Gasteiger partial charge in [-0.25, -0.2) is 9.37 Å². The van der Waals surface area contributed by atoms with Crippen molar-refractivity contribution in [3.05, 3.63) is 65.1 Å². The third-order valence-electron chi connectivity index (χ3n) is 6.45. The Balaban J connectivity index is 1.39. The predicted octanol–water partition coefficient (Wildman–Crippen LogP) is 3.76. The quantitative estimate of drug-likeness (QED) is 0.554. The van der Waals surface area contributed by atoms with Crippen molar-refractivity contribution in [3.63, 3.8) is 0 Å². The molecule has 1 amide bonds. The Kier molecular flexibility index (Phi) is 5.13. The van der Waals surface area contributed by atoms with Gasteiger partial charge >= 0.3 is 6.18 Å². The number of carbonyl (C=O) groups is 1. The van der Waals surface area contributed by atoms with E-state index in [0.29, 0.717) is 35.8 Å². The van der Waals surface area contributed by atoms with Gasteiger partial charge in [0.25, 0.3) is 5.91 Å². The monoisotopic (exact) mass is 460 g/mol. The summed E-state index contributed by atoms with van der Waals surface area (Å²) < 4.78 is 52.8. The standard InChI is InChI=1S/C22H20F4N6O/c1-12-2-4-16(20(30-12)32-28-6-7-29-32)21(33)31-15-3-5-19(31)13(8-15)9-18-17(23)10-14(11-27-18)22(24,25)26/h2,4,6-7,10-11,13,15,19H,3,5,8-9H2,1H3. The van der Waals surface area contributed by atoms with Crippen molar-refractivity contribution in [3.8, 4) is 5.82 Å². The third kappa shape index (κ3) is 3.85. The third-order valence-corrected chi connectivity index (χ3v) is 6.45. The summed E-state index contributed by atoms with van der Waals surface area (Å²) in [5, 5.41) is 8.20. The summed E-state index contributed by atoms with van der Waals surface area (Å²) in [6.45, 7) is 1.81. The fourth-order valence-corrected chi connectivity index (χ4v) is 5.00. The van der Waals surface area contributed by atoms with Gasteiger partial charge < -0.3 is 4.90 Å². The molecular weight excluding hydrogens is 440 g/mol. The molecule has 5 rings (SSSR count). The zero-order valence-electron chi connectivity index (χ0n) is 17.6. The lowest BCUT2D eigenvalue weighted by molar-refractivity contribution is -0.138. The van der Waals surface area contributed by atoms with E-state index in [2.05, 4.69) is 20.2 Å². The number of aromatic nitrogens is 5. The minimum atomic E-state index is -4.65. The van der Waals surface area contributed by atoms with E-state index in [-0.39, 0.29) is 36.0 Å². The molecule has 7 nitrogen and oxygen atoms in total. The summed E-state index contributed by atoms with van der Waals surface area (Å²) in [7, 11) is 0. The van der Waals surface area contributed by atoms with Gasteiger partial charge in [-0.3, -0.25) is 9.78 Å². The molecule has 2 bridgehead atoms. The second kappa shape index (κ2) is 7.89. The molecule has 3 aromatic heterocycles. The fourth-order valence-electron chi connectivity index (χ4n) is 5.00. The van der Waals surface area contributed by atoms with E-state index in [4.69, 9.17) is 0 Å². The molecule has 11 heteroatoms. The first-order chi connectivity index (χ1) is 15.7. The average molecular weight is 460 g/mol. The Hall–Kier alpha value is -3.37. The number of hydrogen-bond donors (Lipinski definition) is 0. The summed E-state index contributed by atoms with van der Waals surface area (Å²) in [5.41, 5.74) is -0.0373. The molecule has 3 unspecified atom stereocenters. The highest BCUT2D eigenvalue weighted by Gasteiger charge is 2.49. The molecule has 2 aliphatic rings. The number of fused-ring (bicyclic) bond motifs is 2. The molecule has 0 aromatic carbocycles. The van der Waals surface area contributed by atoms with E-state index in [1.54, 1.807) is 12.1 Å². The Morgan fingerprint density at radius 3 is 2.64 bits per heavy atom. The Labute approximate surface area is 186 Å². The lowest BCUT2D eigenvalue weighted by Crippen LogP contribution is -2.37. The topological polar surface area (TPSA) is 76.8 Å². The molecule has 0 aliphatic carbocycles. The van der Waals surface area contributed by atoms with Crippen LogP contribution in [-0.2, 0) is 12.6 Å². The lowest BCUT2D eigenvalue weighted by atomic mass is 9.85. The first kappa shape index (κ1) is 21.5. The van der Waals surface area contributed by atoms with Crippen LogP contribution in [0.5, 0.6) is 0 Å². The van der Waals surface area contributed by atoms with Crippen LogP contribution in [0, 0.1) is 18.7 Å². The van der Waals surface area contributed by atoms with E-state index in [1.165, 1.54) is 17.2 Å². The van der Waals surface area contributed by atoms with Gasteiger partial charge in [0.2, 0.25) is 0 Å². The summed E-state index contributed by atoms with van der Waals surface area (Å²) >= 11 is 0. The SMILES string of the molecule is Cc1ccc(C(=O)N2C3CCC2C(Cc2ncc(C(F)(F)F)cc2F)C3)c(-n2nccn2)n1. The molecular formula is C22H20F4N6O. The maximum Gasteiger partial charge on any atom is 0.417 e. The van der Waals surface area contributed by atoms with Crippen molar-refractivity contribution in [1.82, 2.24) is 29.9 Å². The largest absolute Gasteiger partial charge is 0.417 e. The summed E-state index contributed by atoms with van der Waals surface area (Å²) in [5.74, 6) is -0.926. The normalized spacial score (nSPS) is 22.2. The maximum atomic E-state index is 14.4. The van der Waals surface area contributed by atoms with Gasteiger partial charge in [0.1, 0.15) is 5.82 Å². The Morgan fingerprint density at radius 2 is 1.94 bits per heavy atom. The van der Waals surface area contributed by atoms with Gasteiger partial charge in [0, 0.05) is 24.0 Å². The summed E-state index contributed by atoms with van der Waals surface area (Å²) in [6.07, 6.45) is 1.41. The van der Waals surface area contributed by atoms with Crippen LogP contribution in [0.4, 0.5) is 17.6 Å². The van der Waals surface area contributed by atoms with Crippen LogP contribution in [-0.4, -0.2) is 47.9 Å². The first-order valence-electron chi connectivity index (χ1n) is 10.6. The van der Waals surface area contributed by atoms with Crippen molar-refractivity contribution in [2.24, 2.45) is 5.92 Å². The van der Waals surface area contributed by atoms with Crippen molar-refractivity contribution < 1.29 is 22.4 Å². The first-order valence-corrected chi connectivity index (χ1v) is 10.6. The van der Waals surface area contributed by atoms with Gasteiger partial charge in [0.05, 0.1) is 29.2 Å². The molecule has 2 aliphatic heterocycles. The second-order valence-corrected chi connectivity index (χ2v) is 8.50. The minimum Gasteiger partial charge on any atom is -0.332 e. The van der Waals surface area contributed by atoms with Crippen LogP contribution in [0.3, 0.4) is 0 Å². The van der Waals surface area contributed by atoms with E-state index >= 15 is 0 Å². The number of alkyl halides is 3. The second-order valence-electron chi connectivity index (χ2n) is 8.50. The van der Waals surface area contributed by atoms with Gasteiger partial charge in [-0.1, -0.05) is 0 Å². The van der Waals surface area contributed by atoms with Gasteiger partial charge in [-0.2, -0.15) is 23.4 Å².